The molecule has 1 aliphatic rings. The van der Waals surface area contributed by atoms with Crippen molar-refractivity contribution in [2.24, 2.45) is 7.05 Å². The molecule has 0 radical (unpaired) electrons. The third-order valence-electron chi connectivity index (χ3n) is 2.68. The van der Waals surface area contributed by atoms with E-state index in [1.54, 1.807) is 7.05 Å². The average Bonchev–Trinajstić information content (AvgIpc) is 2.62. The number of carbonyl (C=O) groups excluding carboxylic acids is 1. The summed E-state index contributed by atoms with van der Waals surface area (Å²) in [4.78, 5) is 11.8. The van der Waals surface area contributed by atoms with Gasteiger partial charge in [0.15, 0.2) is 5.82 Å². The number of nitrogens with one attached hydrogen (secondary N) is 1. The predicted molar refractivity (Wildman–Crippen MR) is 59.8 cm³/mol. The number of nitrogens with two attached hydrogens (primary N) is 1. The Morgan fingerprint density at radius 3 is 3.06 bits per heavy atom. The number of rotatable bonds is 2. The van der Waals surface area contributed by atoms with Crippen molar-refractivity contribution in [3.8, 4) is 0 Å². The average molecular weight is 224 g/mol. The summed E-state index contributed by atoms with van der Waals surface area (Å²) in [6, 6.07) is 0. The third kappa shape index (κ3) is 2.16. The van der Waals surface area contributed by atoms with Crippen LogP contribution in [0.1, 0.15) is 19.3 Å². The van der Waals surface area contributed by atoms with E-state index in [1.165, 1.54) is 10.9 Å². The van der Waals surface area contributed by atoms with Crippen molar-refractivity contribution < 1.29 is 9.53 Å². The molecular weight excluding hydrogens is 208 g/mol. The van der Waals surface area contributed by atoms with E-state index in [1.807, 2.05) is 0 Å². The number of amides is 1. The summed E-state index contributed by atoms with van der Waals surface area (Å²) in [6.07, 6.45) is 3.97. The van der Waals surface area contributed by atoms with Gasteiger partial charge >= 0.3 is 0 Å². The molecule has 0 aromatic carbocycles. The van der Waals surface area contributed by atoms with E-state index in [0.717, 1.165) is 19.3 Å². The van der Waals surface area contributed by atoms with Gasteiger partial charge in [0.2, 0.25) is 0 Å². The number of nitrogen functional groups attached to an aromatic ring is 1. The fraction of sp³-hybridized carbons (Fsp3) is 0.600. The minimum absolute atomic E-state index is 0.144. The molecule has 1 atom stereocenters. The monoisotopic (exact) mass is 224 g/mol. The Kier molecular flexibility index (Phi) is 3.09. The number of anilines is 2. The van der Waals surface area contributed by atoms with Crippen LogP contribution in [0.2, 0.25) is 0 Å². The lowest BCUT2D eigenvalue weighted by Crippen LogP contribution is -2.33. The maximum atomic E-state index is 11.8. The molecular formula is C10H16N4O2. The van der Waals surface area contributed by atoms with Gasteiger partial charge in [-0.05, 0) is 19.3 Å². The number of hydrogen-bond donors (Lipinski definition) is 2. The predicted octanol–water partition coefficient (Wildman–Crippen LogP) is 0.510. The first kappa shape index (κ1) is 10.9. The van der Waals surface area contributed by atoms with Gasteiger partial charge in [0.05, 0.1) is 11.9 Å². The van der Waals surface area contributed by atoms with E-state index >= 15 is 0 Å². The SMILES string of the molecule is Cn1ncc(N)c1NC(=O)C1CCCCO1. The summed E-state index contributed by atoms with van der Waals surface area (Å²) in [5.74, 6) is 0.383. The molecule has 1 amide bonds. The molecule has 16 heavy (non-hydrogen) atoms. The molecule has 0 aliphatic carbocycles. The first-order valence-electron chi connectivity index (χ1n) is 5.38. The topological polar surface area (TPSA) is 82.2 Å². The molecule has 1 aromatic rings. The van der Waals surface area contributed by atoms with Crippen LogP contribution in [0, 0.1) is 0 Å². The molecule has 1 saturated heterocycles. The summed E-state index contributed by atoms with van der Waals surface area (Å²) in [5, 5.41) is 6.69. The van der Waals surface area contributed by atoms with Gasteiger partial charge in [-0.15, -0.1) is 0 Å². The molecule has 88 valence electrons. The highest BCUT2D eigenvalue weighted by molar-refractivity contribution is 5.95. The summed E-state index contributed by atoms with van der Waals surface area (Å²) in [7, 11) is 1.73. The Morgan fingerprint density at radius 2 is 2.50 bits per heavy atom. The van der Waals surface area contributed by atoms with Crippen molar-refractivity contribution in [3.05, 3.63) is 6.20 Å². The standard InChI is InChI=1S/C10H16N4O2/c1-14-9(7(11)6-12-14)13-10(15)8-4-2-3-5-16-8/h6,8H,2-5,11H2,1H3,(H,13,15). The van der Waals surface area contributed by atoms with Crippen molar-refractivity contribution >= 4 is 17.4 Å². The second-order valence-corrected chi connectivity index (χ2v) is 3.92. The molecule has 0 bridgehead atoms. The Bertz CT molecular complexity index is 363. The van der Waals surface area contributed by atoms with Gasteiger partial charge in [0.25, 0.3) is 5.91 Å². The number of ether oxygens (including phenoxy) is 1. The van der Waals surface area contributed by atoms with Gasteiger partial charge in [-0.25, -0.2) is 0 Å². The van der Waals surface area contributed by atoms with Gasteiger partial charge in [-0.1, -0.05) is 0 Å². The highest BCUT2D eigenvalue weighted by Crippen LogP contribution is 2.19. The van der Waals surface area contributed by atoms with Crippen LogP contribution in [-0.2, 0) is 16.6 Å². The lowest BCUT2D eigenvalue weighted by molar-refractivity contribution is -0.130. The van der Waals surface area contributed by atoms with Crippen molar-refractivity contribution in [2.75, 3.05) is 17.7 Å². The van der Waals surface area contributed by atoms with Crippen LogP contribution >= 0.6 is 0 Å². The van der Waals surface area contributed by atoms with Crippen LogP contribution < -0.4 is 11.1 Å². The van der Waals surface area contributed by atoms with Crippen LogP contribution in [-0.4, -0.2) is 28.4 Å². The Morgan fingerprint density at radius 1 is 1.69 bits per heavy atom. The fourth-order valence-corrected chi connectivity index (χ4v) is 1.75. The van der Waals surface area contributed by atoms with Gasteiger partial charge in [0.1, 0.15) is 6.10 Å². The zero-order chi connectivity index (χ0) is 11.5. The number of nitrogens with zero attached hydrogens (tertiary/aromatic N) is 2. The maximum absolute atomic E-state index is 11.8. The minimum Gasteiger partial charge on any atom is -0.394 e. The molecule has 0 saturated carbocycles. The van der Waals surface area contributed by atoms with Crippen LogP contribution in [0.4, 0.5) is 11.5 Å². The van der Waals surface area contributed by atoms with Crippen molar-refractivity contribution in [1.29, 1.82) is 0 Å². The van der Waals surface area contributed by atoms with Crippen LogP contribution in [0.15, 0.2) is 6.20 Å². The first-order valence-corrected chi connectivity index (χ1v) is 5.38. The zero-order valence-electron chi connectivity index (χ0n) is 9.27. The fourth-order valence-electron chi connectivity index (χ4n) is 1.75. The molecule has 1 fully saturated rings. The molecule has 3 N–H and O–H groups in total. The largest absolute Gasteiger partial charge is 0.394 e. The van der Waals surface area contributed by atoms with E-state index in [2.05, 4.69) is 10.4 Å². The van der Waals surface area contributed by atoms with Crippen molar-refractivity contribution in [2.45, 2.75) is 25.4 Å². The van der Waals surface area contributed by atoms with E-state index in [4.69, 9.17) is 10.5 Å². The highest BCUT2D eigenvalue weighted by Gasteiger charge is 2.23. The first-order chi connectivity index (χ1) is 7.68. The molecule has 1 aromatic heterocycles. The molecule has 1 unspecified atom stereocenters. The maximum Gasteiger partial charge on any atom is 0.254 e. The number of carbonyl (C=O) groups is 1. The number of aryl methyl sites for hydroxylation is 1. The normalized spacial score (nSPS) is 20.7. The smallest absolute Gasteiger partial charge is 0.254 e. The number of aromatic nitrogens is 2. The van der Waals surface area contributed by atoms with Gasteiger partial charge in [-0.2, -0.15) is 5.10 Å². The second kappa shape index (κ2) is 4.52. The Labute approximate surface area is 93.8 Å². The van der Waals surface area contributed by atoms with Crippen molar-refractivity contribution in [1.82, 2.24) is 9.78 Å². The molecule has 2 heterocycles. The van der Waals surface area contributed by atoms with Gasteiger partial charge < -0.3 is 15.8 Å². The van der Waals surface area contributed by atoms with Crippen LogP contribution in [0.3, 0.4) is 0 Å². The quantitative estimate of drug-likeness (QED) is 0.766. The van der Waals surface area contributed by atoms with Crippen molar-refractivity contribution in [3.63, 3.8) is 0 Å². The number of hydrogen-bond acceptors (Lipinski definition) is 4. The Hall–Kier alpha value is -1.56. The van der Waals surface area contributed by atoms with Crippen LogP contribution in [0.5, 0.6) is 0 Å². The molecule has 2 rings (SSSR count). The summed E-state index contributed by atoms with van der Waals surface area (Å²) < 4.78 is 6.92. The zero-order valence-corrected chi connectivity index (χ0v) is 9.27. The third-order valence-corrected chi connectivity index (χ3v) is 2.68. The second-order valence-electron chi connectivity index (χ2n) is 3.92. The summed E-state index contributed by atoms with van der Waals surface area (Å²) in [6.45, 7) is 0.652. The molecule has 6 heteroatoms. The lowest BCUT2D eigenvalue weighted by Gasteiger charge is -2.21. The highest BCUT2D eigenvalue weighted by atomic mass is 16.5. The summed E-state index contributed by atoms with van der Waals surface area (Å²) in [5.41, 5.74) is 6.14. The van der Waals surface area contributed by atoms with E-state index < -0.39 is 0 Å². The van der Waals surface area contributed by atoms with Gasteiger partial charge in [0, 0.05) is 13.7 Å². The molecule has 6 nitrogen and oxygen atoms in total. The van der Waals surface area contributed by atoms with E-state index in [-0.39, 0.29) is 12.0 Å². The van der Waals surface area contributed by atoms with Gasteiger partial charge in [-0.3, -0.25) is 9.48 Å². The van der Waals surface area contributed by atoms with Crippen LogP contribution in [0.25, 0.3) is 0 Å². The summed E-state index contributed by atoms with van der Waals surface area (Å²) >= 11 is 0. The molecule has 0 spiro atoms. The molecule has 1 aliphatic heterocycles. The Balaban J connectivity index is 2.01. The van der Waals surface area contributed by atoms with E-state index in [9.17, 15) is 4.79 Å². The minimum atomic E-state index is -0.358. The lowest BCUT2D eigenvalue weighted by atomic mass is 10.1. The van der Waals surface area contributed by atoms with E-state index in [0.29, 0.717) is 18.1 Å².